The van der Waals surface area contributed by atoms with E-state index in [2.05, 4.69) is 27.9 Å². The lowest BCUT2D eigenvalue weighted by Gasteiger charge is -2.32. The zero-order valence-corrected chi connectivity index (χ0v) is 16.8. The molecule has 0 heterocycles. The van der Waals surface area contributed by atoms with Crippen LogP contribution in [0.15, 0.2) is 0 Å². The van der Waals surface area contributed by atoms with Crippen molar-refractivity contribution < 1.29 is 9.59 Å². The van der Waals surface area contributed by atoms with E-state index >= 15 is 0 Å². The number of nitrogens with zero attached hydrogens (tertiary/aromatic N) is 1. The molecule has 0 fully saturated rings. The molecule has 1 N–H and O–H groups in total. The Bertz CT molecular complexity index is 236. The number of hydrogen-bond donors (Lipinski definition) is 1. The highest BCUT2D eigenvalue weighted by Gasteiger charge is 2.19. The fourth-order valence-electron chi connectivity index (χ4n) is 3.49. The van der Waals surface area contributed by atoms with Crippen LogP contribution < -0.4 is 0 Å². The maximum atomic E-state index is 9.35. The van der Waals surface area contributed by atoms with Crippen molar-refractivity contribution in [1.29, 1.82) is 0 Å². The molecule has 2 nitrogen and oxygen atoms in total. The highest BCUT2D eigenvalue weighted by atomic mass is 16.3. The first-order valence-corrected chi connectivity index (χ1v) is 10.5. The molecule has 0 aliphatic rings. The van der Waals surface area contributed by atoms with Gasteiger partial charge in [0.1, 0.15) is 0 Å². The third-order valence-corrected chi connectivity index (χ3v) is 5.20. The van der Waals surface area contributed by atoms with Crippen molar-refractivity contribution in [2.24, 2.45) is 5.92 Å². The molecular formula is C21H46NO+. The molecule has 0 rings (SSSR count). The van der Waals surface area contributed by atoms with E-state index < -0.39 is 0 Å². The van der Waals surface area contributed by atoms with Crippen molar-refractivity contribution in [1.82, 2.24) is 0 Å². The standard InChI is InChI=1S/C21H46NO/c1-5-7-8-9-10-11-12-13-14-15-16-17-18-22(3,4)19-21(6-2)20-23/h21,23H,5-20H2,1-4H3/q+1. The molecule has 0 aromatic rings. The van der Waals surface area contributed by atoms with Crippen molar-refractivity contribution in [3.8, 4) is 0 Å². The van der Waals surface area contributed by atoms with Crippen LogP contribution in [0.25, 0.3) is 0 Å². The fraction of sp³-hybridized carbons (Fsp3) is 1.00. The summed E-state index contributed by atoms with van der Waals surface area (Å²) in [6.45, 7) is 7.19. The molecular weight excluding hydrogens is 282 g/mol. The zero-order chi connectivity index (χ0) is 17.4. The van der Waals surface area contributed by atoms with Crippen LogP contribution in [0.1, 0.15) is 97.3 Å². The molecule has 0 spiro atoms. The Morgan fingerprint density at radius 1 is 0.696 bits per heavy atom. The zero-order valence-electron chi connectivity index (χ0n) is 16.8. The average Bonchev–Trinajstić information content (AvgIpc) is 2.53. The van der Waals surface area contributed by atoms with E-state index in [1.807, 2.05) is 0 Å². The van der Waals surface area contributed by atoms with E-state index in [4.69, 9.17) is 0 Å². The van der Waals surface area contributed by atoms with Gasteiger partial charge in [-0.2, -0.15) is 0 Å². The Morgan fingerprint density at radius 2 is 1.13 bits per heavy atom. The van der Waals surface area contributed by atoms with Crippen LogP contribution in [-0.2, 0) is 0 Å². The van der Waals surface area contributed by atoms with Gasteiger partial charge >= 0.3 is 0 Å². The first-order valence-electron chi connectivity index (χ1n) is 10.5. The summed E-state index contributed by atoms with van der Waals surface area (Å²) in [4.78, 5) is 0. The minimum absolute atomic E-state index is 0.344. The minimum Gasteiger partial charge on any atom is -0.396 e. The van der Waals surface area contributed by atoms with Gasteiger partial charge in [-0.3, -0.25) is 0 Å². The van der Waals surface area contributed by atoms with Crippen LogP contribution in [0.4, 0.5) is 0 Å². The van der Waals surface area contributed by atoms with Gasteiger partial charge in [-0.25, -0.2) is 0 Å². The number of unbranched alkanes of at least 4 members (excludes halogenated alkanes) is 11. The average molecular weight is 329 g/mol. The van der Waals surface area contributed by atoms with Crippen LogP contribution in [-0.4, -0.2) is 43.4 Å². The number of hydrogen-bond acceptors (Lipinski definition) is 1. The summed E-state index contributed by atoms with van der Waals surface area (Å²) in [6, 6.07) is 0. The molecule has 0 aromatic heterocycles. The van der Waals surface area contributed by atoms with Crippen LogP contribution in [0.3, 0.4) is 0 Å². The molecule has 2 heteroatoms. The molecule has 0 amide bonds. The number of aliphatic hydroxyl groups excluding tert-OH is 1. The molecule has 0 bridgehead atoms. The van der Waals surface area contributed by atoms with Gasteiger partial charge in [0.2, 0.25) is 0 Å². The SMILES string of the molecule is CCCCCCCCCCCCCC[N+](C)(C)CC(CC)CO. The number of quaternary nitrogens is 1. The van der Waals surface area contributed by atoms with Gasteiger partial charge in [-0.1, -0.05) is 78.1 Å². The summed E-state index contributed by atoms with van der Waals surface area (Å²) in [6.07, 6.45) is 18.1. The fourth-order valence-corrected chi connectivity index (χ4v) is 3.49. The van der Waals surface area contributed by atoms with Crippen LogP contribution >= 0.6 is 0 Å². The third kappa shape index (κ3) is 15.2. The quantitative estimate of drug-likeness (QED) is 0.265. The summed E-state index contributed by atoms with van der Waals surface area (Å²) in [5.74, 6) is 0.474. The van der Waals surface area contributed by atoms with Gasteiger partial charge in [-0.05, 0) is 19.3 Å². The molecule has 0 aliphatic carbocycles. The van der Waals surface area contributed by atoms with Gasteiger partial charge in [0, 0.05) is 5.92 Å². The first-order chi connectivity index (χ1) is 11.1. The van der Waals surface area contributed by atoms with E-state index in [1.54, 1.807) is 0 Å². The van der Waals surface area contributed by atoms with Gasteiger partial charge in [-0.15, -0.1) is 0 Å². The Hall–Kier alpha value is -0.0800. The van der Waals surface area contributed by atoms with E-state index in [-0.39, 0.29) is 0 Å². The predicted octanol–water partition coefficient (Wildman–Crippen LogP) is 5.78. The lowest BCUT2D eigenvalue weighted by molar-refractivity contribution is -0.894. The lowest BCUT2D eigenvalue weighted by atomic mass is 10.0. The van der Waals surface area contributed by atoms with E-state index in [9.17, 15) is 5.11 Å². The van der Waals surface area contributed by atoms with Gasteiger partial charge < -0.3 is 9.59 Å². The van der Waals surface area contributed by atoms with Gasteiger partial charge in [0.15, 0.2) is 0 Å². The van der Waals surface area contributed by atoms with Crippen molar-refractivity contribution in [2.75, 3.05) is 33.8 Å². The Kier molecular flexibility index (Phi) is 15.4. The molecule has 0 saturated carbocycles. The first kappa shape index (κ1) is 22.9. The van der Waals surface area contributed by atoms with Crippen LogP contribution in [0.5, 0.6) is 0 Å². The molecule has 140 valence electrons. The summed E-state index contributed by atoms with van der Waals surface area (Å²) in [5.41, 5.74) is 0. The van der Waals surface area contributed by atoms with Gasteiger partial charge in [0.25, 0.3) is 0 Å². The van der Waals surface area contributed by atoms with Crippen molar-refractivity contribution >= 4 is 0 Å². The van der Waals surface area contributed by atoms with E-state index in [0.29, 0.717) is 12.5 Å². The summed E-state index contributed by atoms with van der Waals surface area (Å²) in [5, 5.41) is 9.35. The van der Waals surface area contributed by atoms with E-state index in [1.165, 1.54) is 83.6 Å². The number of rotatable bonds is 17. The Balaban J connectivity index is 3.38. The predicted molar refractivity (Wildman–Crippen MR) is 104 cm³/mol. The molecule has 0 radical (unpaired) electrons. The van der Waals surface area contributed by atoms with Crippen molar-refractivity contribution in [3.63, 3.8) is 0 Å². The summed E-state index contributed by atoms with van der Waals surface area (Å²) in [7, 11) is 4.63. The van der Waals surface area contributed by atoms with Gasteiger partial charge in [0.05, 0.1) is 33.8 Å². The molecule has 23 heavy (non-hydrogen) atoms. The van der Waals surface area contributed by atoms with Crippen LogP contribution in [0.2, 0.25) is 0 Å². The second kappa shape index (κ2) is 15.4. The minimum atomic E-state index is 0.344. The molecule has 1 unspecified atom stereocenters. The summed E-state index contributed by atoms with van der Waals surface area (Å²) < 4.78 is 1.07. The lowest BCUT2D eigenvalue weighted by Crippen LogP contribution is -2.44. The maximum absolute atomic E-state index is 9.35. The maximum Gasteiger partial charge on any atom is 0.0833 e. The van der Waals surface area contributed by atoms with Crippen molar-refractivity contribution in [3.05, 3.63) is 0 Å². The second-order valence-corrected chi connectivity index (χ2v) is 8.19. The second-order valence-electron chi connectivity index (χ2n) is 8.19. The smallest absolute Gasteiger partial charge is 0.0833 e. The van der Waals surface area contributed by atoms with Crippen molar-refractivity contribution in [2.45, 2.75) is 97.3 Å². The normalized spacial score (nSPS) is 13.4. The Labute approximate surface area is 147 Å². The topological polar surface area (TPSA) is 20.2 Å². The van der Waals surface area contributed by atoms with Crippen LogP contribution in [0, 0.1) is 5.92 Å². The molecule has 0 aromatic carbocycles. The molecule has 0 aliphatic heterocycles. The molecule has 1 atom stereocenters. The largest absolute Gasteiger partial charge is 0.396 e. The molecule has 0 saturated heterocycles. The van der Waals surface area contributed by atoms with E-state index in [0.717, 1.165) is 17.4 Å². The highest BCUT2D eigenvalue weighted by Crippen LogP contribution is 2.14. The Morgan fingerprint density at radius 3 is 1.52 bits per heavy atom. The summed E-state index contributed by atoms with van der Waals surface area (Å²) >= 11 is 0. The monoisotopic (exact) mass is 328 g/mol. The highest BCUT2D eigenvalue weighted by molar-refractivity contribution is 4.54. The third-order valence-electron chi connectivity index (χ3n) is 5.20. The number of aliphatic hydroxyl groups is 1.